The number of aliphatic hydroxyl groups excluding tert-OH is 1. The SMILES string of the molecule is COc1ccc2cc(C=O)ccc2c1CO. The molecular formula is C13H12O3. The zero-order valence-electron chi connectivity index (χ0n) is 8.93. The topological polar surface area (TPSA) is 46.5 Å². The van der Waals surface area contributed by atoms with E-state index in [1.54, 1.807) is 25.3 Å². The molecule has 16 heavy (non-hydrogen) atoms. The molecule has 2 aromatic carbocycles. The summed E-state index contributed by atoms with van der Waals surface area (Å²) in [5.41, 5.74) is 1.37. The van der Waals surface area contributed by atoms with Crippen LogP contribution in [0.1, 0.15) is 15.9 Å². The maximum Gasteiger partial charge on any atom is 0.150 e. The van der Waals surface area contributed by atoms with Gasteiger partial charge in [0, 0.05) is 11.1 Å². The summed E-state index contributed by atoms with van der Waals surface area (Å²) < 4.78 is 5.17. The Morgan fingerprint density at radius 2 is 2.12 bits per heavy atom. The smallest absolute Gasteiger partial charge is 0.150 e. The summed E-state index contributed by atoms with van der Waals surface area (Å²) in [7, 11) is 1.57. The van der Waals surface area contributed by atoms with Crippen molar-refractivity contribution in [2.75, 3.05) is 7.11 Å². The molecule has 0 spiro atoms. The molecule has 3 heteroatoms. The van der Waals surface area contributed by atoms with Gasteiger partial charge >= 0.3 is 0 Å². The lowest BCUT2D eigenvalue weighted by Gasteiger charge is -2.09. The van der Waals surface area contributed by atoms with E-state index in [1.165, 1.54) is 0 Å². The van der Waals surface area contributed by atoms with Gasteiger partial charge < -0.3 is 9.84 Å². The minimum absolute atomic E-state index is 0.0824. The lowest BCUT2D eigenvalue weighted by molar-refractivity contribution is 0.112. The van der Waals surface area contributed by atoms with Crippen LogP contribution in [0.3, 0.4) is 0 Å². The van der Waals surface area contributed by atoms with Crippen LogP contribution in [0.4, 0.5) is 0 Å². The maximum atomic E-state index is 10.7. The molecule has 0 unspecified atom stereocenters. The normalized spacial score (nSPS) is 10.4. The van der Waals surface area contributed by atoms with Crippen molar-refractivity contribution in [2.45, 2.75) is 6.61 Å². The molecule has 0 radical (unpaired) electrons. The van der Waals surface area contributed by atoms with Gasteiger partial charge in [-0.25, -0.2) is 0 Å². The summed E-state index contributed by atoms with van der Waals surface area (Å²) in [6, 6.07) is 9.02. The van der Waals surface area contributed by atoms with Gasteiger partial charge in [0.2, 0.25) is 0 Å². The van der Waals surface area contributed by atoms with Crippen LogP contribution in [0.15, 0.2) is 30.3 Å². The first-order valence-corrected chi connectivity index (χ1v) is 4.96. The molecule has 0 saturated carbocycles. The molecule has 0 aromatic heterocycles. The van der Waals surface area contributed by atoms with Crippen LogP contribution in [0, 0.1) is 0 Å². The van der Waals surface area contributed by atoms with E-state index < -0.39 is 0 Å². The average molecular weight is 216 g/mol. The van der Waals surface area contributed by atoms with Crippen molar-refractivity contribution in [1.82, 2.24) is 0 Å². The second kappa shape index (κ2) is 4.33. The largest absolute Gasteiger partial charge is 0.496 e. The lowest BCUT2D eigenvalue weighted by Crippen LogP contribution is -1.93. The first-order chi connectivity index (χ1) is 7.80. The predicted molar refractivity (Wildman–Crippen MR) is 61.8 cm³/mol. The molecule has 0 heterocycles. The van der Waals surface area contributed by atoms with Crippen LogP contribution in [0.5, 0.6) is 5.75 Å². The molecule has 82 valence electrons. The number of hydrogen-bond acceptors (Lipinski definition) is 3. The number of carbonyl (C=O) groups is 1. The predicted octanol–water partition coefficient (Wildman–Crippen LogP) is 2.15. The minimum atomic E-state index is -0.0824. The quantitative estimate of drug-likeness (QED) is 0.800. The van der Waals surface area contributed by atoms with E-state index in [0.29, 0.717) is 11.3 Å². The molecular weight excluding hydrogens is 204 g/mol. The molecule has 0 amide bonds. The van der Waals surface area contributed by atoms with Crippen LogP contribution in [-0.4, -0.2) is 18.5 Å². The van der Waals surface area contributed by atoms with E-state index in [-0.39, 0.29) is 6.61 Å². The molecule has 2 aromatic rings. The fourth-order valence-corrected chi connectivity index (χ4v) is 1.82. The number of carbonyl (C=O) groups excluding carboxylic acids is 1. The monoisotopic (exact) mass is 216 g/mol. The van der Waals surface area contributed by atoms with Gasteiger partial charge in [0.15, 0.2) is 0 Å². The van der Waals surface area contributed by atoms with Crippen molar-refractivity contribution in [3.05, 3.63) is 41.5 Å². The fourth-order valence-electron chi connectivity index (χ4n) is 1.82. The van der Waals surface area contributed by atoms with E-state index >= 15 is 0 Å². The van der Waals surface area contributed by atoms with E-state index in [0.717, 1.165) is 22.6 Å². The number of rotatable bonds is 3. The van der Waals surface area contributed by atoms with Gasteiger partial charge in [-0.15, -0.1) is 0 Å². The van der Waals surface area contributed by atoms with E-state index in [1.807, 2.05) is 12.1 Å². The molecule has 0 bridgehead atoms. The number of ether oxygens (including phenoxy) is 1. The van der Waals surface area contributed by atoms with Crippen molar-refractivity contribution in [1.29, 1.82) is 0 Å². The summed E-state index contributed by atoms with van der Waals surface area (Å²) >= 11 is 0. The Kier molecular flexibility index (Phi) is 2.88. The van der Waals surface area contributed by atoms with Crippen molar-refractivity contribution >= 4 is 17.1 Å². The number of fused-ring (bicyclic) bond motifs is 1. The molecule has 1 N–H and O–H groups in total. The van der Waals surface area contributed by atoms with Crippen LogP contribution in [0.25, 0.3) is 10.8 Å². The van der Waals surface area contributed by atoms with E-state index in [2.05, 4.69) is 0 Å². The average Bonchev–Trinajstić information content (AvgIpc) is 2.36. The maximum absolute atomic E-state index is 10.7. The molecule has 0 aliphatic rings. The summed E-state index contributed by atoms with van der Waals surface area (Å²) in [6.07, 6.45) is 0.808. The van der Waals surface area contributed by atoms with Crippen molar-refractivity contribution in [2.24, 2.45) is 0 Å². The number of methoxy groups -OCH3 is 1. The molecule has 0 aliphatic heterocycles. The van der Waals surface area contributed by atoms with E-state index in [4.69, 9.17) is 4.74 Å². The Balaban J connectivity index is 2.73. The van der Waals surface area contributed by atoms with Crippen molar-refractivity contribution in [3.63, 3.8) is 0 Å². The van der Waals surface area contributed by atoms with Gasteiger partial charge in [0.25, 0.3) is 0 Å². The van der Waals surface area contributed by atoms with Crippen molar-refractivity contribution < 1.29 is 14.6 Å². The van der Waals surface area contributed by atoms with Crippen molar-refractivity contribution in [3.8, 4) is 5.75 Å². The standard InChI is InChI=1S/C13H12O3/c1-16-13-5-3-10-6-9(7-14)2-4-11(10)12(13)8-15/h2-7,15H,8H2,1H3. The summed E-state index contributed by atoms with van der Waals surface area (Å²) in [5.74, 6) is 0.661. The zero-order chi connectivity index (χ0) is 11.5. The number of aldehydes is 1. The Morgan fingerprint density at radius 3 is 2.75 bits per heavy atom. The first-order valence-electron chi connectivity index (χ1n) is 4.96. The highest BCUT2D eigenvalue weighted by atomic mass is 16.5. The third kappa shape index (κ3) is 1.66. The Labute approximate surface area is 93.3 Å². The van der Waals surface area contributed by atoms with Gasteiger partial charge in [-0.3, -0.25) is 4.79 Å². The third-order valence-electron chi connectivity index (χ3n) is 2.63. The van der Waals surface area contributed by atoms with Crippen LogP contribution >= 0.6 is 0 Å². The minimum Gasteiger partial charge on any atom is -0.496 e. The van der Waals surface area contributed by atoms with Crippen LogP contribution < -0.4 is 4.74 Å². The molecule has 0 saturated heterocycles. The Morgan fingerprint density at radius 1 is 1.31 bits per heavy atom. The third-order valence-corrected chi connectivity index (χ3v) is 2.63. The molecule has 0 fully saturated rings. The lowest BCUT2D eigenvalue weighted by atomic mass is 10.0. The van der Waals surface area contributed by atoms with Gasteiger partial charge in [-0.05, 0) is 22.9 Å². The zero-order valence-corrected chi connectivity index (χ0v) is 8.93. The Bertz CT molecular complexity index is 532. The van der Waals surface area contributed by atoms with Crippen LogP contribution in [-0.2, 0) is 6.61 Å². The number of benzene rings is 2. The van der Waals surface area contributed by atoms with Gasteiger partial charge in [0.1, 0.15) is 12.0 Å². The summed E-state index contributed by atoms with van der Waals surface area (Å²) in [5, 5.41) is 11.2. The van der Waals surface area contributed by atoms with Gasteiger partial charge in [-0.2, -0.15) is 0 Å². The number of aliphatic hydroxyl groups is 1. The van der Waals surface area contributed by atoms with Gasteiger partial charge in [0.05, 0.1) is 13.7 Å². The molecule has 3 nitrogen and oxygen atoms in total. The highest BCUT2D eigenvalue weighted by Crippen LogP contribution is 2.28. The van der Waals surface area contributed by atoms with Gasteiger partial charge in [-0.1, -0.05) is 18.2 Å². The second-order valence-electron chi connectivity index (χ2n) is 3.50. The highest BCUT2D eigenvalue weighted by Gasteiger charge is 2.07. The Hall–Kier alpha value is -1.87. The second-order valence-corrected chi connectivity index (χ2v) is 3.50. The summed E-state index contributed by atoms with van der Waals surface area (Å²) in [4.78, 5) is 10.7. The van der Waals surface area contributed by atoms with Crippen LogP contribution in [0.2, 0.25) is 0 Å². The molecule has 0 atom stereocenters. The molecule has 0 aliphatic carbocycles. The molecule has 2 rings (SSSR count). The summed E-state index contributed by atoms with van der Waals surface area (Å²) in [6.45, 7) is -0.0824. The fraction of sp³-hybridized carbons (Fsp3) is 0.154. The first kappa shape index (κ1) is 10.6. The van der Waals surface area contributed by atoms with E-state index in [9.17, 15) is 9.90 Å². The highest BCUT2D eigenvalue weighted by molar-refractivity contribution is 5.92. The number of hydrogen-bond donors (Lipinski definition) is 1.